The van der Waals surface area contributed by atoms with E-state index in [1.807, 2.05) is 44.3 Å². The van der Waals surface area contributed by atoms with Crippen LogP contribution in [0.2, 0.25) is 0 Å². The summed E-state index contributed by atoms with van der Waals surface area (Å²) >= 11 is 0. The van der Waals surface area contributed by atoms with Crippen LogP contribution < -0.4 is 16.4 Å². The number of aliphatic hydroxyl groups excluding tert-OH is 1. The molecule has 1 aliphatic heterocycles. The topological polar surface area (TPSA) is 141 Å². The van der Waals surface area contributed by atoms with Crippen molar-refractivity contribution in [3.63, 3.8) is 0 Å². The van der Waals surface area contributed by atoms with Gasteiger partial charge in [-0.15, -0.1) is 0 Å². The summed E-state index contributed by atoms with van der Waals surface area (Å²) < 4.78 is 0. The van der Waals surface area contributed by atoms with Gasteiger partial charge in [0.25, 0.3) is 0 Å². The van der Waals surface area contributed by atoms with Crippen molar-refractivity contribution in [2.24, 2.45) is 11.7 Å². The lowest BCUT2D eigenvalue weighted by Gasteiger charge is -2.29. The largest absolute Gasteiger partial charge is 0.390 e. The van der Waals surface area contributed by atoms with E-state index in [1.54, 1.807) is 4.90 Å². The van der Waals surface area contributed by atoms with E-state index in [0.29, 0.717) is 13.0 Å². The summed E-state index contributed by atoms with van der Waals surface area (Å²) in [6.45, 7) is 4.53. The zero-order valence-electron chi connectivity index (χ0n) is 20.0. The zero-order valence-corrected chi connectivity index (χ0v) is 20.0. The molecule has 0 aliphatic carbocycles. The minimum atomic E-state index is -0.864. The summed E-state index contributed by atoms with van der Waals surface area (Å²) in [5.41, 5.74) is 7.29. The van der Waals surface area contributed by atoms with Crippen LogP contribution >= 0.6 is 0 Å². The van der Waals surface area contributed by atoms with Crippen LogP contribution in [0.5, 0.6) is 0 Å². The maximum Gasteiger partial charge on any atom is 0.243 e. The van der Waals surface area contributed by atoms with Crippen molar-refractivity contribution >= 4 is 28.6 Å². The number of carbonyl (C=O) groups is 3. The van der Waals surface area contributed by atoms with Crippen molar-refractivity contribution < 1.29 is 19.5 Å². The highest BCUT2D eigenvalue weighted by Gasteiger charge is 2.37. The van der Waals surface area contributed by atoms with Crippen LogP contribution in [0.3, 0.4) is 0 Å². The van der Waals surface area contributed by atoms with Gasteiger partial charge >= 0.3 is 0 Å². The molecular weight excluding hydrogens is 434 g/mol. The van der Waals surface area contributed by atoms with Gasteiger partial charge in [0.1, 0.15) is 12.1 Å². The molecule has 2 aromatic rings. The summed E-state index contributed by atoms with van der Waals surface area (Å²) in [6.07, 6.45) is 4.04. The standard InChI is InChI=1S/C25H37N5O4/c1-3-16(4-2)25(34)30-11-7-10-22(30)24(33)29-21(23(32)28-15-18(31)13-26)12-17-14-27-20-9-6-5-8-19(17)20/h5-6,8-9,14,16,18,21-22,27,31H,3-4,7,10-13,15,26H2,1-2H3,(H,28,32)(H,29,33). The Bertz CT molecular complexity index is 987. The number of nitrogens with zero attached hydrogens (tertiary/aromatic N) is 1. The molecule has 34 heavy (non-hydrogen) atoms. The Kier molecular flexibility index (Phi) is 9.06. The van der Waals surface area contributed by atoms with Crippen molar-refractivity contribution in [2.75, 3.05) is 19.6 Å². The third-order valence-corrected chi connectivity index (χ3v) is 6.69. The fourth-order valence-corrected chi connectivity index (χ4v) is 4.60. The van der Waals surface area contributed by atoms with E-state index in [4.69, 9.17) is 5.73 Å². The number of benzene rings is 1. The first-order valence-electron chi connectivity index (χ1n) is 12.2. The number of nitrogens with two attached hydrogens (primary N) is 1. The van der Waals surface area contributed by atoms with E-state index in [2.05, 4.69) is 15.6 Å². The Morgan fingerprint density at radius 1 is 1.24 bits per heavy atom. The number of fused-ring (bicyclic) bond motifs is 1. The first-order valence-corrected chi connectivity index (χ1v) is 12.2. The highest BCUT2D eigenvalue weighted by atomic mass is 16.3. The van der Waals surface area contributed by atoms with Crippen LogP contribution in [0, 0.1) is 5.92 Å². The number of hydrogen-bond acceptors (Lipinski definition) is 5. The lowest BCUT2D eigenvalue weighted by molar-refractivity contribution is -0.142. The molecule has 3 unspecified atom stereocenters. The summed E-state index contributed by atoms with van der Waals surface area (Å²) in [6, 6.07) is 6.31. The number of likely N-dealkylation sites (tertiary alicyclic amines) is 1. The van der Waals surface area contributed by atoms with Gasteiger partial charge in [-0.05, 0) is 37.3 Å². The van der Waals surface area contributed by atoms with Crippen molar-refractivity contribution in [3.8, 4) is 0 Å². The third kappa shape index (κ3) is 5.95. The molecule has 3 rings (SSSR count). The van der Waals surface area contributed by atoms with Crippen LogP contribution in [0.4, 0.5) is 0 Å². The highest BCUT2D eigenvalue weighted by Crippen LogP contribution is 2.23. The molecule has 1 aromatic heterocycles. The van der Waals surface area contributed by atoms with Gasteiger partial charge < -0.3 is 31.4 Å². The maximum absolute atomic E-state index is 13.3. The smallest absolute Gasteiger partial charge is 0.243 e. The monoisotopic (exact) mass is 471 g/mol. The van der Waals surface area contributed by atoms with E-state index in [9.17, 15) is 19.5 Å². The van der Waals surface area contributed by atoms with E-state index in [0.717, 1.165) is 35.7 Å². The molecule has 1 aromatic carbocycles. The van der Waals surface area contributed by atoms with Crippen molar-refractivity contribution in [3.05, 3.63) is 36.0 Å². The summed E-state index contributed by atoms with van der Waals surface area (Å²) in [7, 11) is 0. The first kappa shape index (κ1) is 25.7. The van der Waals surface area contributed by atoms with Gasteiger partial charge in [-0.25, -0.2) is 0 Å². The summed E-state index contributed by atoms with van der Waals surface area (Å²) in [5.74, 6) is -0.819. The van der Waals surface area contributed by atoms with Crippen molar-refractivity contribution in [1.82, 2.24) is 20.5 Å². The Morgan fingerprint density at radius 2 is 1.97 bits per heavy atom. The number of hydrogen-bond donors (Lipinski definition) is 5. The third-order valence-electron chi connectivity index (χ3n) is 6.69. The molecule has 186 valence electrons. The molecule has 0 radical (unpaired) electrons. The number of rotatable bonds is 11. The average Bonchev–Trinajstić information content (AvgIpc) is 3.50. The predicted molar refractivity (Wildman–Crippen MR) is 131 cm³/mol. The first-order chi connectivity index (χ1) is 16.4. The molecule has 0 spiro atoms. The van der Waals surface area contributed by atoms with E-state index in [1.165, 1.54) is 0 Å². The number of aromatic nitrogens is 1. The molecule has 1 aliphatic rings. The number of amides is 3. The van der Waals surface area contributed by atoms with E-state index < -0.39 is 24.1 Å². The Labute approximate surface area is 200 Å². The minimum absolute atomic E-state index is 0.00168. The highest BCUT2D eigenvalue weighted by molar-refractivity contribution is 5.93. The second-order valence-electron chi connectivity index (χ2n) is 8.96. The van der Waals surface area contributed by atoms with E-state index >= 15 is 0 Å². The fourth-order valence-electron chi connectivity index (χ4n) is 4.60. The molecule has 0 bridgehead atoms. The van der Waals surface area contributed by atoms with E-state index in [-0.39, 0.29) is 37.2 Å². The number of H-pyrrole nitrogens is 1. The van der Waals surface area contributed by atoms with Crippen molar-refractivity contribution in [2.45, 2.75) is 64.1 Å². The minimum Gasteiger partial charge on any atom is -0.390 e. The van der Waals surface area contributed by atoms with Crippen LogP contribution in [-0.2, 0) is 20.8 Å². The number of aromatic amines is 1. The lowest BCUT2D eigenvalue weighted by Crippen LogP contribution is -2.55. The molecule has 1 saturated heterocycles. The number of para-hydroxylation sites is 1. The lowest BCUT2D eigenvalue weighted by atomic mass is 10.0. The Morgan fingerprint density at radius 3 is 2.68 bits per heavy atom. The molecular formula is C25H37N5O4. The van der Waals surface area contributed by atoms with Gasteiger partial charge in [0.2, 0.25) is 17.7 Å². The second kappa shape index (κ2) is 12.0. The summed E-state index contributed by atoms with van der Waals surface area (Å²) in [4.78, 5) is 44.2. The molecule has 2 heterocycles. The molecule has 3 atom stereocenters. The number of nitrogens with one attached hydrogen (secondary N) is 3. The molecule has 9 heteroatoms. The van der Waals surface area contributed by atoms with Gasteiger partial charge in [0.05, 0.1) is 6.10 Å². The van der Waals surface area contributed by atoms with Crippen molar-refractivity contribution in [1.29, 1.82) is 0 Å². The maximum atomic E-state index is 13.3. The zero-order chi connectivity index (χ0) is 24.7. The number of aliphatic hydroxyl groups is 1. The quantitative estimate of drug-likeness (QED) is 0.333. The van der Waals surface area contributed by atoms with Gasteiger partial charge in [-0.3, -0.25) is 14.4 Å². The van der Waals surface area contributed by atoms with Gasteiger partial charge in [-0.1, -0.05) is 32.0 Å². The van der Waals surface area contributed by atoms with Crippen LogP contribution in [0.15, 0.2) is 30.5 Å². The van der Waals surface area contributed by atoms with Crippen LogP contribution in [-0.4, -0.2) is 70.5 Å². The van der Waals surface area contributed by atoms with Gasteiger partial charge in [0, 0.05) is 49.1 Å². The normalized spacial score (nSPS) is 17.7. The van der Waals surface area contributed by atoms with Gasteiger partial charge in [-0.2, -0.15) is 0 Å². The Balaban J connectivity index is 1.77. The van der Waals surface area contributed by atoms with Crippen LogP contribution in [0.25, 0.3) is 10.9 Å². The molecule has 1 fully saturated rings. The fraction of sp³-hybridized carbons (Fsp3) is 0.560. The SMILES string of the molecule is CCC(CC)C(=O)N1CCCC1C(=O)NC(Cc1c[nH]c2ccccc12)C(=O)NCC(O)CN. The van der Waals surface area contributed by atoms with Gasteiger partial charge in [0.15, 0.2) is 0 Å². The molecule has 9 nitrogen and oxygen atoms in total. The predicted octanol–water partition coefficient (Wildman–Crippen LogP) is 1.06. The average molecular weight is 472 g/mol. The summed E-state index contributed by atoms with van der Waals surface area (Å²) in [5, 5.41) is 16.3. The molecule has 0 saturated carbocycles. The molecule has 3 amide bonds. The molecule has 6 N–H and O–H groups in total. The van der Waals surface area contributed by atoms with Crippen LogP contribution in [0.1, 0.15) is 45.1 Å². The number of carbonyl (C=O) groups excluding carboxylic acids is 3. The Hall–Kier alpha value is -2.91. The second-order valence-corrected chi connectivity index (χ2v) is 8.96.